The molecule has 0 aliphatic heterocycles. The molecule has 4 heteroatoms. The molecule has 1 rings (SSSR count). The number of halogens is 1. The second kappa shape index (κ2) is 4.42. The Morgan fingerprint density at radius 3 is 2.92 bits per heavy atom. The molecule has 0 spiro atoms. The number of hydrogen-bond donors (Lipinski definition) is 1. The van der Waals surface area contributed by atoms with Crippen molar-refractivity contribution in [2.75, 3.05) is 13.2 Å². The number of nitrogens with zero attached hydrogens (tertiary/aromatic N) is 1. The molecule has 0 bridgehead atoms. The molecular weight excluding hydrogens is 220 g/mol. The summed E-state index contributed by atoms with van der Waals surface area (Å²) in [5.41, 5.74) is 6.20. The molecule has 0 atom stereocenters. The van der Waals surface area contributed by atoms with Crippen molar-refractivity contribution in [3.05, 3.63) is 22.3 Å². The van der Waals surface area contributed by atoms with E-state index in [0.717, 1.165) is 10.2 Å². The lowest BCUT2D eigenvalue weighted by Crippen LogP contribution is -2.11. The van der Waals surface area contributed by atoms with Crippen molar-refractivity contribution < 1.29 is 4.74 Å². The van der Waals surface area contributed by atoms with Crippen molar-refractivity contribution in [1.82, 2.24) is 4.98 Å². The van der Waals surface area contributed by atoms with Crippen molar-refractivity contribution in [3.8, 4) is 5.88 Å². The van der Waals surface area contributed by atoms with Gasteiger partial charge < -0.3 is 10.5 Å². The molecule has 2 N–H and O–H groups in total. The third-order valence-electron chi connectivity index (χ3n) is 1.36. The standard InChI is InChI=1S/C8H11BrN2O/c1-6-7(9)2-3-8(11-6)12-5-4-10/h2-3H,4-5,10H2,1H3. The van der Waals surface area contributed by atoms with Crippen LogP contribution >= 0.6 is 15.9 Å². The van der Waals surface area contributed by atoms with Crippen LogP contribution in [0.3, 0.4) is 0 Å². The highest BCUT2D eigenvalue weighted by molar-refractivity contribution is 9.10. The number of nitrogens with two attached hydrogens (primary N) is 1. The van der Waals surface area contributed by atoms with Crippen molar-refractivity contribution in [2.45, 2.75) is 6.92 Å². The van der Waals surface area contributed by atoms with E-state index in [-0.39, 0.29) is 0 Å². The molecule has 1 aromatic rings. The van der Waals surface area contributed by atoms with Crippen molar-refractivity contribution in [2.24, 2.45) is 5.73 Å². The van der Waals surface area contributed by atoms with Crippen LogP contribution in [-0.2, 0) is 0 Å². The summed E-state index contributed by atoms with van der Waals surface area (Å²) >= 11 is 3.35. The van der Waals surface area contributed by atoms with E-state index in [1.807, 2.05) is 19.1 Å². The average Bonchev–Trinajstić information content (AvgIpc) is 2.07. The van der Waals surface area contributed by atoms with E-state index in [0.29, 0.717) is 19.0 Å². The summed E-state index contributed by atoms with van der Waals surface area (Å²) in [5.74, 6) is 0.626. The van der Waals surface area contributed by atoms with Gasteiger partial charge in [0.05, 0.1) is 5.69 Å². The molecule has 0 fully saturated rings. The molecule has 0 radical (unpaired) electrons. The van der Waals surface area contributed by atoms with Gasteiger partial charge in [0.25, 0.3) is 0 Å². The summed E-state index contributed by atoms with van der Waals surface area (Å²) in [7, 11) is 0. The second-order valence-corrected chi connectivity index (χ2v) is 3.21. The third-order valence-corrected chi connectivity index (χ3v) is 2.20. The van der Waals surface area contributed by atoms with Gasteiger partial charge in [-0.25, -0.2) is 4.98 Å². The maximum absolute atomic E-state index is 5.28. The first-order chi connectivity index (χ1) is 5.74. The van der Waals surface area contributed by atoms with Gasteiger partial charge in [-0.1, -0.05) is 0 Å². The fraction of sp³-hybridized carbons (Fsp3) is 0.375. The van der Waals surface area contributed by atoms with Gasteiger partial charge in [-0.05, 0) is 28.9 Å². The second-order valence-electron chi connectivity index (χ2n) is 2.35. The minimum Gasteiger partial charge on any atom is -0.476 e. The zero-order valence-corrected chi connectivity index (χ0v) is 8.47. The van der Waals surface area contributed by atoms with Gasteiger partial charge in [-0.2, -0.15) is 0 Å². The third kappa shape index (κ3) is 2.46. The smallest absolute Gasteiger partial charge is 0.213 e. The van der Waals surface area contributed by atoms with Crippen LogP contribution in [0.4, 0.5) is 0 Å². The molecule has 0 aromatic carbocycles. The fourth-order valence-electron chi connectivity index (χ4n) is 0.765. The Morgan fingerprint density at radius 2 is 2.33 bits per heavy atom. The SMILES string of the molecule is Cc1nc(OCCN)ccc1Br. The zero-order valence-electron chi connectivity index (χ0n) is 6.88. The van der Waals surface area contributed by atoms with E-state index in [1.165, 1.54) is 0 Å². The summed E-state index contributed by atoms with van der Waals surface area (Å²) in [6.45, 7) is 2.93. The van der Waals surface area contributed by atoms with Crippen LogP contribution in [0.2, 0.25) is 0 Å². The predicted octanol–water partition coefficient (Wildman–Crippen LogP) is 1.49. The van der Waals surface area contributed by atoms with Gasteiger partial charge >= 0.3 is 0 Å². The van der Waals surface area contributed by atoms with E-state index in [2.05, 4.69) is 20.9 Å². The minimum atomic E-state index is 0.508. The summed E-state index contributed by atoms with van der Waals surface area (Å²) in [6, 6.07) is 3.72. The van der Waals surface area contributed by atoms with Gasteiger partial charge in [-0.3, -0.25) is 0 Å². The fourth-order valence-corrected chi connectivity index (χ4v) is 0.986. The Labute approximate surface area is 80.1 Å². The number of aryl methyl sites for hydroxylation is 1. The van der Waals surface area contributed by atoms with Crippen LogP contribution in [0, 0.1) is 6.92 Å². The largest absolute Gasteiger partial charge is 0.476 e. The normalized spacial score (nSPS) is 9.92. The Morgan fingerprint density at radius 1 is 1.58 bits per heavy atom. The van der Waals surface area contributed by atoms with Gasteiger partial charge in [0.2, 0.25) is 5.88 Å². The Hall–Kier alpha value is -0.610. The Kier molecular flexibility index (Phi) is 3.49. The van der Waals surface area contributed by atoms with Crippen molar-refractivity contribution in [1.29, 1.82) is 0 Å². The molecule has 0 unspecified atom stereocenters. The number of ether oxygens (including phenoxy) is 1. The lowest BCUT2D eigenvalue weighted by atomic mass is 10.4. The minimum absolute atomic E-state index is 0.508. The average molecular weight is 231 g/mol. The van der Waals surface area contributed by atoms with E-state index in [4.69, 9.17) is 10.5 Å². The molecule has 1 heterocycles. The Bertz CT molecular complexity index is 265. The van der Waals surface area contributed by atoms with Crippen LogP contribution in [0.25, 0.3) is 0 Å². The van der Waals surface area contributed by atoms with Crippen LogP contribution in [0.5, 0.6) is 5.88 Å². The van der Waals surface area contributed by atoms with E-state index in [9.17, 15) is 0 Å². The van der Waals surface area contributed by atoms with Crippen LogP contribution < -0.4 is 10.5 Å². The van der Waals surface area contributed by atoms with Gasteiger partial charge in [0.1, 0.15) is 6.61 Å². The summed E-state index contributed by atoms with van der Waals surface area (Å²) in [6.07, 6.45) is 0. The molecule has 12 heavy (non-hydrogen) atoms. The molecule has 0 amide bonds. The first-order valence-corrected chi connectivity index (χ1v) is 4.49. The number of hydrogen-bond acceptors (Lipinski definition) is 3. The maximum atomic E-state index is 5.28. The van der Waals surface area contributed by atoms with Crippen molar-refractivity contribution in [3.63, 3.8) is 0 Å². The number of rotatable bonds is 3. The molecule has 0 saturated carbocycles. The Balaban J connectivity index is 2.69. The highest BCUT2D eigenvalue weighted by Gasteiger charge is 1.98. The quantitative estimate of drug-likeness (QED) is 0.857. The molecule has 3 nitrogen and oxygen atoms in total. The van der Waals surface area contributed by atoms with Gasteiger partial charge in [0, 0.05) is 17.1 Å². The maximum Gasteiger partial charge on any atom is 0.213 e. The highest BCUT2D eigenvalue weighted by atomic mass is 79.9. The molecule has 1 aromatic heterocycles. The summed E-state index contributed by atoms with van der Waals surface area (Å²) in [4.78, 5) is 4.19. The van der Waals surface area contributed by atoms with Gasteiger partial charge in [0.15, 0.2) is 0 Å². The molecule has 0 aliphatic carbocycles. The molecule has 0 aliphatic rings. The monoisotopic (exact) mass is 230 g/mol. The summed E-state index contributed by atoms with van der Waals surface area (Å²) < 4.78 is 6.22. The van der Waals surface area contributed by atoms with E-state index < -0.39 is 0 Å². The molecule has 0 saturated heterocycles. The molecular formula is C8H11BrN2O. The van der Waals surface area contributed by atoms with Crippen molar-refractivity contribution >= 4 is 15.9 Å². The highest BCUT2D eigenvalue weighted by Crippen LogP contribution is 2.17. The van der Waals surface area contributed by atoms with Crippen LogP contribution in [-0.4, -0.2) is 18.1 Å². The lowest BCUT2D eigenvalue weighted by molar-refractivity contribution is 0.315. The molecule has 66 valence electrons. The predicted molar refractivity (Wildman–Crippen MR) is 51.2 cm³/mol. The summed E-state index contributed by atoms with van der Waals surface area (Å²) in [5, 5.41) is 0. The number of pyridine rings is 1. The topological polar surface area (TPSA) is 48.1 Å². The van der Waals surface area contributed by atoms with E-state index in [1.54, 1.807) is 0 Å². The van der Waals surface area contributed by atoms with E-state index >= 15 is 0 Å². The number of aromatic nitrogens is 1. The first kappa shape index (κ1) is 9.48. The lowest BCUT2D eigenvalue weighted by Gasteiger charge is -2.04. The van der Waals surface area contributed by atoms with Crippen LogP contribution in [0.1, 0.15) is 5.69 Å². The van der Waals surface area contributed by atoms with Gasteiger partial charge in [-0.15, -0.1) is 0 Å². The van der Waals surface area contributed by atoms with Crippen LogP contribution in [0.15, 0.2) is 16.6 Å². The zero-order chi connectivity index (χ0) is 8.97. The first-order valence-electron chi connectivity index (χ1n) is 3.70.